The quantitative estimate of drug-likeness (QED) is 0.895. The van der Waals surface area contributed by atoms with Crippen molar-refractivity contribution >= 4 is 17.6 Å². The molecule has 6 heteroatoms. The summed E-state index contributed by atoms with van der Waals surface area (Å²) in [6, 6.07) is 3.24. The Balaban J connectivity index is 2.87. The Labute approximate surface area is 94.6 Å². The zero-order chi connectivity index (χ0) is 12.3. The molecule has 0 aromatic heterocycles. The van der Waals surface area contributed by atoms with Crippen LogP contribution in [0.15, 0.2) is 18.2 Å². The Morgan fingerprint density at radius 3 is 2.44 bits per heavy atom. The van der Waals surface area contributed by atoms with Crippen molar-refractivity contribution in [2.75, 3.05) is 0 Å². The van der Waals surface area contributed by atoms with E-state index in [1.807, 2.05) is 0 Å². The third-order valence-electron chi connectivity index (χ3n) is 1.97. The van der Waals surface area contributed by atoms with Gasteiger partial charge in [-0.3, -0.25) is 4.79 Å². The molecule has 0 bridgehead atoms. The molecular weight excluding hydrogens is 245 g/mol. The van der Waals surface area contributed by atoms with E-state index in [9.17, 15) is 18.0 Å². The second-order valence-corrected chi connectivity index (χ2v) is 3.61. The zero-order valence-corrected chi connectivity index (χ0v) is 8.77. The van der Waals surface area contributed by atoms with Crippen molar-refractivity contribution in [3.05, 3.63) is 34.3 Å². The lowest BCUT2D eigenvalue weighted by Crippen LogP contribution is -2.06. The zero-order valence-electron chi connectivity index (χ0n) is 8.01. The summed E-state index contributed by atoms with van der Waals surface area (Å²) in [5.41, 5.74) is -0.436. The van der Waals surface area contributed by atoms with Crippen molar-refractivity contribution in [1.82, 2.24) is 0 Å². The first kappa shape index (κ1) is 12.8. The molecule has 0 radical (unpaired) electrons. The summed E-state index contributed by atoms with van der Waals surface area (Å²) in [4.78, 5) is 10.3. The average Bonchev–Trinajstić information content (AvgIpc) is 2.12. The first-order valence-corrected chi connectivity index (χ1v) is 4.76. The summed E-state index contributed by atoms with van der Waals surface area (Å²) in [6.07, 6.45) is -4.46. The van der Waals surface area contributed by atoms with Gasteiger partial charge in [0.05, 0.1) is 10.6 Å². The molecule has 0 atom stereocenters. The van der Waals surface area contributed by atoms with E-state index in [0.717, 1.165) is 12.1 Å². The fourth-order valence-electron chi connectivity index (χ4n) is 1.20. The van der Waals surface area contributed by atoms with E-state index < -0.39 is 22.7 Å². The van der Waals surface area contributed by atoms with Crippen molar-refractivity contribution in [3.8, 4) is 0 Å². The number of alkyl halides is 3. The predicted octanol–water partition coefficient (Wildman–Crippen LogP) is 3.38. The minimum absolute atomic E-state index is 0.137. The van der Waals surface area contributed by atoms with E-state index in [4.69, 9.17) is 16.7 Å². The molecule has 1 N–H and O–H groups in total. The Hall–Kier alpha value is -1.23. The van der Waals surface area contributed by atoms with Gasteiger partial charge in [-0.2, -0.15) is 13.2 Å². The third-order valence-corrected chi connectivity index (χ3v) is 2.28. The van der Waals surface area contributed by atoms with Gasteiger partial charge in [-0.1, -0.05) is 17.7 Å². The number of rotatable bonds is 3. The monoisotopic (exact) mass is 252 g/mol. The van der Waals surface area contributed by atoms with Crippen LogP contribution in [0.25, 0.3) is 0 Å². The number of carboxylic acid groups (broad SMARTS) is 1. The highest BCUT2D eigenvalue weighted by Crippen LogP contribution is 2.35. The van der Waals surface area contributed by atoms with Gasteiger partial charge in [-0.25, -0.2) is 0 Å². The van der Waals surface area contributed by atoms with Crippen molar-refractivity contribution in [2.45, 2.75) is 19.0 Å². The lowest BCUT2D eigenvalue weighted by Gasteiger charge is -2.09. The summed E-state index contributed by atoms with van der Waals surface area (Å²) in [6.45, 7) is 0. The van der Waals surface area contributed by atoms with E-state index in [1.165, 1.54) is 6.07 Å². The molecule has 0 aliphatic rings. The van der Waals surface area contributed by atoms with Crippen LogP contribution in [-0.2, 0) is 17.4 Å². The maximum Gasteiger partial charge on any atom is 0.417 e. The lowest BCUT2D eigenvalue weighted by atomic mass is 10.1. The summed E-state index contributed by atoms with van der Waals surface area (Å²) < 4.78 is 36.9. The first-order valence-electron chi connectivity index (χ1n) is 4.38. The molecule has 0 amide bonds. The molecule has 0 saturated carbocycles. The third kappa shape index (κ3) is 3.41. The van der Waals surface area contributed by atoms with Crippen LogP contribution in [0.1, 0.15) is 17.5 Å². The van der Waals surface area contributed by atoms with E-state index in [0.29, 0.717) is 5.56 Å². The molecule has 0 aliphatic carbocycles. The van der Waals surface area contributed by atoms with Crippen molar-refractivity contribution < 1.29 is 23.1 Å². The van der Waals surface area contributed by atoms with E-state index >= 15 is 0 Å². The maximum absolute atomic E-state index is 12.3. The van der Waals surface area contributed by atoms with E-state index in [1.54, 1.807) is 0 Å². The number of benzene rings is 1. The number of hydrogen-bond acceptors (Lipinski definition) is 1. The SMILES string of the molecule is O=C(O)CCc1ccc(C(F)(F)F)c(Cl)c1. The predicted molar refractivity (Wildman–Crippen MR) is 52.4 cm³/mol. The fraction of sp³-hybridized carbons (Fsp3) is 0.300. The molecule has 0 spiro atoms. The number of hydrogen-bond donors (Lipinski definition) is 1. The van der Waals surface area contributed by atoms with Gasteiger partial charge in [-0.15, -0.1) is 0 Å². The Bertz CT molecular complexity index is 402. The van der Waals surface area contributed by atoms with Crippen molar-refractivity contribution in [1.29, 1.82) is 0 Å². The highest BCUT2D eigenvalue weighted by molar-refractivity contribution is 6.31. The minimum atomic E-state index is -4.48. The van der Waals surface area contributed by atoms with Gasteiger partial charge in [0.2, 0.25) is 0 Å². The number of aryl methyl sites for hydroxylation is 1. The first-order chi connectivity index (χ1) is 7.30. The Kier molecular flexibility index (Phi) is 3.80. The van der Waals surface area contributed by atoms with Gasteiger partial charge in [0, 0.05) is 6.42 Å². The maximum atomic E-state index is 12.3. The number of aliphatic carboxylic acids is 1. The summed E-state index contributed by atoms with van der Waals surface area (Å²) in [5, 5.41) is 8.01. The van der Waals surface area contributed by atoms with E-state index in [2.05, 4.69) is 0 Å². The molecular formula is C10H8ClF3O2. The molecule has 1 rings (SSSR count). The number of halogens is 4. The number of carbonyl (C=O) groups is 1. The Morgan fingerprint density at radius 1 is 1.38 bits per heavy atom. The van der Waals surface area contributed by atoms with E-state index in [-0.39, 0.29) is 12.8 Å². The highest BCUT2D eigenvalue weighted by Gasteiger charge is 2.32. The lowest BCUT2D eigenvalue weighted by molar-refractivity contribution is -0.138. The molecule has 88 valence electrons. The van der Waals surface area contributed by atoms with Crippen LogP contribution in [0, 0.1) is 0 Å². The van der Waals surface area contributed by atoms with Crippen LogP contribution in [0.2, 0.25) is 5.02 Å². The molecule has 0 fully saturated rings. The van der Waals surface area contributed by atoms with Gasteiger partial charge in [0.1, 0.15) is 0 Å². The van der Waals surface area contributed by atoms with Crippen LogP contribution in [-0.4, -0.2) is 11.1 Å². The molecule has 16 heavy (non-hydrogen) atoms. The van der Waals surface area contributed by atoms with Crippen LogP contribution in [0.4, 0.5) is 13.2 Å². The van der Waals surface area contributed by atoms with Crippen LogP contribution in [0.3, 0.4) is 0 Å². The normalized spacial score (nSPS) is 11.5. The molecule has 0 aliphatic heterocycles. The van der Waals surface area contributed by atoms with Crippen molar-refractivity contribution in [3.63, 3.8) is 0 Å². The molecule has 0 heterocycles. The fourth-order valence-corrected chi connectivity index (χ4v) is 1.51. The van der Waals surface area contributed by atoms with Gasteiger partial charge < -0.3 is 5.11 Å². The van der Waals surface area contributed by atoms with Gasteiger partial charge in [0.25, 0.3) is 0 Å². The minimum Gasteiger partial charge on any atom is -0.481 e. The molecule has 0 unspecified atom stereocenters. The second kappa shape index (κ2) is 4.74. The molecule has 1 aromatic carbocycles. The molecule has 2 nitrogen and oxygen atoms in total. The standard InChI is InChI=1S/C10H8ClF3O2/c11-8-5-6(2-4-9(15)16)1-3-7(8)10(12,13)14/h1,3,5H,2,4H2,(H,15,16). The van der Waals surface area contributed by atoms with Crippen molar-refractivity contribution in [2.24, 2.45) is 0 Å². The van der Waals surface area contributed by atoms with Crippen LogP contribution in [0.5, 0.6) is 0 Å². The highest BCUT2D eigenvalue weighted by atomic mass is 35.5. The van der Waals surface area contributed by atoms with Gasteiger partial charge in [-0.05, 0) is 24.1 Å². The average molecular weight is 253 g/mol. The molecule has 0 saturated heterocycles. The number of carboxylic acids is 1. The topological polar surface area (TPSA) is 37.3 Å². The van der Waals surface area contributed by atoms with Gasteiger partial charge >= 0.3 is 12.1 Å². The smallest absolute Gasteiger partial charge is 0.417 e. The van der Waals surface area contributed by atoms with Crippen LogP contribution >= 0.6 is 11.6 Å². The van der Waals surface area contributed by atoms with Gasteiger partial charge in [0.15, 0.2) is 0 Å². The second-order valence-electron chi connectivity index (χ2n) is 3.21. The largest absolute Gasteiger partial charge is 0.481 e. The van der Waals surface area contributed by atoms with Crippen LogP contribution < -0.4 is 0 Å². The summed E-state index contributed by atoms with van der Waals surface area (Å²) >= 11 is 5.46. The Morgan fingerprint density at radius 2 is 2.00 bits per heavy atom. The summed E-state index contributed by atoms with van der Waals surface area (Å²) in [7, 11) is 0. The summed E-state index contributed by atoms with van der Waals surface area (Å²) in [5.74, 6) is -1.00. The molecule has 1 aromatic rings.